The smallest absolute Gasteiger partial charge is 0.408 e. The molecule has 0 spiro atoms. The van der Waals surface area contributed by atoms with E-state index in [0.717, 1.165) is 11.3 Å². The summed E-state index contributed by atoms with van der Waals surface area (Å²) in [7, 11) is 0. The molecule has 1 aromatic carbocycles. The second-order valence-corrected chi connectivity index (χ2v) is 3.88. The lowest BCUT2D eigenvalue weighted by molar-refractivity contribution is 0.139. The molecule has 0 atom stereocenters. The van der Waals surface area contributed by atoms with Crippen LogP contribution >= 0.6 is 0 Å². The van der Waals surface area contributed by atoms with E-state index < -0.39 is 6.09 Å². The SMILES string of the molecule is O=C(O)N1Cc2ccccc2-n2cnnc2C1. The van der Waals surface area contributed by atoms with Crippen LogP contribution in [-0.4, -0.2) is 30.9 Å². The van der Waals surface area contributed by atoms with Gasteiger partial charge in [0.25, 0.3) is 0 Å². The molecule has 0 saturated carbocycles. The summed E-state index contributed by atoms with van der Waals surface area (Å²) in [4.78, 5) is 12.4. The Balaban J connectivity index is 2.18. The fourth-order valence-electron chi connectivity index (χ4n) is 2.02. The lowest BCUT2D eigenvalue weighted by Gasteiger charge is -2.15. The van der Waals surface area contributed by atoms with Crippen LogP contribution in [0.3, 0.4) is 0 Å². The number of amides is 1. The fraction of sp³-hybridized carbons (Fsp3) is 0.182. The average molecular weight is 230 g/mol. The summed E-state index contributed by atoms with van der Waals surface area (Å²) in [6.45, 7) is 0.624. The van der Waals surface area contributed by atoms with Crippen LogP contribution in [0.4, 0.5) is 4.79 Å². The van der Waals surface area contributed by atoms with Crippen molar-refractivity contribution in [3.8, 4) is 5.69 Å². The largest absolute Gasteiger partial charge is 0.465 e. The van der Waals surface area contributed by atoms with Crippen LogP contribution in [0.2, 0.25) is 0 Å². The van der Waals surface area contributed by atoms with E-state index in [4.69, 9.17) is 5.11 Å². The van der Waals surface area contributed by atoms with Crippen LogP contribution < -0.4 is 0 Å². The molecule has 0 unspecified atom stereocenters. The standard InChI is InChI=1S/C11H10N4O2/c16-11(17)14-5-8-3-1-2-4-9(8)15-7-12-13-10(15)6-14/h1-4,7H,5-6H2,(H,16,17). The lowest BCUT2D eigenvalue weighted by atomic mass is 10.1. The van der Waals surface area contributed by atoms with E-state index in [1.807, 2.05) is 28.8 Å². The van der Waals surface area contributed by atoms with E-state index in [2.05, 4.69) is 10.2 Å². The van der Waals surface area contributed by atoms with Crippen LogP contribution in [0.25, 0.3) is 5.69 Å². The van der Waals surface area contributed by atoms with Crippen molar-refractivity contribution < 1.29 is 9.90 Å². The molecule has 6 nitrogen and oxygen atoms in total. The predicted molar refractivity (Wildman–Crippen MR) is 58.6 cm³/mol. The zero-order valence-corrected chi connectivity index (χ0v) is 8.95. The van der Waals surface area contributed by atoms with Crippen molar-refractivity contribution in [2.75, 3.05) is 0 Å². The van der Waals surface area contributed by atoms with Gasteiger partial charge >= 0.3 is 6.09 Å². The molecule has 0 aliphatic carbocycles. The summed E-state index contributed by atoms with van der Waals surface area (Å²) >= 11 is 0. The van der Waals surface area contributed by atoms with Gasteiger partial charge in [-0.3, -0.25) is 9.47 Å². The van der Waals surface area contributed by atoms with Gasteiger partial charge < -0.3 is 5.11 Å². The zero-order valence-electron chi connectivity index (χ0n) is 8.95. The highest BCUT2D eigenvalue weighted by molar-refractivity contribution is 5.65. The summed E-state index contributed by atoms with van der Waals surface area (Å²) in [6.07, 6.45) is 0.663. The summed E-state index contributed by atoms with van der Waals surface area (Å²) in [5.41, 5.74) is 1.89. The third-order valence-corrected chi connectivity index (χ3v) is 2.83. The average Bonchev–Trinajstić information content (AvgIpc) is 2.71. The van der Waals surface area contributed by atoms with Crippen molar-refractivity contribution in [3.63, 3.8) is 0 Å². The summed E-state index contributed by atoms with van der Waals surface area (Å²) in [5.74, 6) is 0.636. The Bertz CT molecular complexity index is 578. The van der Waals surface area contributed by atoms with Crippen molar-refractivity contribution >= 4 is 6.09 Å². The Hall–Kier alpha value is -2.37. The number of nitrogens with zero attached hydrogens (tertiary/aromatic N) is 4. The second kappa shape index (κ2) is 3.58. The maximum Gasteiger partial charge on any atom is 0.408 e. The van der Waals surface area contributed by atoms with Crippen LogP contribution in [0, 0.1) is 0 Å². The molecular formula is C11H10N4O2. The Labute approximate surface area is 97.1 Å². The fourth-order valence-corrected chi connectivity index (χ4v) is 2.02. The first kappa shape index (κ1) is 9.83. The van der Waals surface area contributed by atoms with Crippen LogP contribution in [-0.2, 0) is 13.1 Å². The van der Waals surface area contributed by atoms with Gasteiger partial charge in [0.05, 0.1) is 18.8 Å². The highest BCUT2D eigenvalue weighted by Crippen LogP contribution is 2.22. The summed E-state index contributed by atoms with van der Waals surface area (Å²) in [5, 5.41) is 16.9. The topological polar surface area (TPSA) is 71.2 Å². The first-order valence-corrected chi connectivity index (χ1v) is 5.21. The van der Waals surface area contributed by atoms with Crippen molar-refractivity contribution in [1.29, 1.82) is 0 Å². The molecule has 0 radical (unpaired) electrons. The number of carbonyl (C=O) groups is 1. The van der Waals surface area contributed by atoms with Gasteiger partial charge in [-0.15, -0.1) is 10.2 Å². The van der Waals surface area contributed by atoms with Gasteiger partial charge in [-0.25, -0.2) is 4.79 Å². The third-order valence-electron chi connectivity index (χ3n) is 2.83. The molecule has 17 heavy (non-hydrogen) atoms. The van der Waals surface area contributed by atoms with Gasteiger partial charge in [-0.05, 0) is 11.6 Å². The van der Waals surface area contributed by atoms with Crippen molar-refractivity contribution in [3.05, 3.63) is 42.0 Å². The minimum atomic E-state index is -0.948. The number of hydrogen-bond donors (Lipinski definition) is 1. The number of aromatic nitrogens is 3. The number of fused-ring (bicyclic) bond motifs is 3. The molecule has 0 bridgehead atoms. The molecule has 1 N–H and O–H groups in total. The van der Waals surface area contributed by atoms with Gasteiger partial charge in [0.2, 0.25) is 0 Å². The number of para-hydroxylation sites is 1. The van der Waals surface area contributed by atoms with Crippen molar-refractivity contribution in [1.82, 2.24) is 19.7 Å². The first-order valence-electron chi connectivity index (χ1n) is 5.21. The van der Waals surface area contributed by atoms with Gasteiger partial charge in [0.15, 0.2) is 5.82 Å². The molecule has 1 aliphatic rings. The highest BCUT2D eigenvalue weighted by atomic mass is 16.4. The Kier molecular flexibility index (Phi) is 2.07. The number of carboxylic acid groups (broad SMARTS) is 1. The Morgan fingerprint density at radius 2 is 2.12 bits per heavy atom. The van der Waals surface area contributed by atoms with Gasteiger partial charge in [-0.1, -0.05) is 18.2 Å². The normalized spacial score (nSPS) is 13.8. The molecule has 6 heteroatoms. The molecule has 2 aromatic rings. The maximum absolute atomic E-state index is 11.1. The highest BCUT2D eigenvalue weighted by Gasteiger charge is 2.22. The van der Waals surface area contributed by atoms with E-state index in [0.29, 0.717) is 12.4 Å². The Morgan fingerprint density at radius 1 is 1.29 bits per heavy atom. The van der Waals surface area contributed by atoms with Crippen LogP contribution in [0.15, 0.2) is 30.6 Å². The molecule has 2 heterocycles. The van der Waals surface area contributed by atoms with E-state index in [9.17, 15) is 4.79 Å². The molecule has 0 fully saturated rings. The molecule has 86 valence electrons. The molecule has 1 amide bonds. The van der Waals surface area contributed by atoms with E-state index in [1.165, 1.54) is 4.90 Å². The molecule has 0 saturated heterocycles. The van der Waals surface area contributed by atoms with Crippen LogP contribution in [0.1, 0.15) is 11.4 Å². The van der Waals surface area contributed by atoms with Crippen molar-refractivity contribution in [2.45, 2.75) is 13.1 Å². The van der Waals surface area contributed by atoms with E-state index in [1.54, 1.807) is 6.33 Å². The monoisotopic (exact) mass is 230 g/mol. The third kappa shape index (κ3) is 1.54. The summed E-state index contributed by atoms with van der Waals surface area (Å²) in [6, 6.07) is 7.67. The van der Waals surface area contributed by atoms with Gasteiger partial charge in [-0.2, -0.15) is 0 Å². The molecular weight excluding hydrogens is 220 g/mol. The lowest BCUT2D eigenvalue weighted by Crippen LogP contribution is -2.27. The number of hydrogen-bond acceptors (Lipinski definition) is 3. The number of rotatable bonds is 0. The zero-order chi connectivity index (χ0) is 11.8. The first-order chi connectivity index (χ1) is 8.25. The molecule has 1 aromatic heterocycles. The maximum atomic E-state index is 11.1. The summed E-state index contributed by atoms with van der Waals surface area (Å²) < 4.78 is 1.83. The number of benzene rings is 1. The van der Waals surface area contributed by atoms with Crippen molar-refractivity contribution in [2.24, 2.45) is 0 Å². The van der Waals surface area contributed by atoms with Crippen LogP contribution in [0.5, 0.6) is 0 Å². The Morgan fingerprint density at radius 3 is 2.94 bits per heavy atom. The van der Waals surface area contributed by atoms with Gasteiger partial charge in [0, 0.05) is 0 Å². The second-order valence-electron chi connectivity index (χ2n) is 3.88. The van der Waals surface area contributed by atoms with E-state index in [-0.39, 0.29) is 6.54 Å². The van der Waals surface area contributed by atoms with E-state index >= 15 is 0 Å². The quantitative estimate of drug-likeness (QED) is 0.739. The molecule has 1 aliphatic heterocycles. The van der Waals surface area contributed by atoms with Gasteiger partial charge in [0.1, 0.15) is 6.33 Å². The molecule has 3 rings (SSSR count). The predicted octanol–water partition coefficient (Wildman–Crippen LogP) is 1.26. The minimum absolute atomic E-state index is 0.254. The minimum Gasteiger partial charge on any atom is -0.465 e.